The summed E-state index contributed by atoms with van der Waals surface area (Å²) in [7, 11) is 0. The first-order valence-corrected chi connectivity index (χ1v) is 10.3. The lowest BCUT2D eigenvalue weighted by Crippen LogP contribution is -2.28. The van der Waals surface area contributed by atoms with Gasteiger partial charge in [-0.3, -0.25) is 9.59 Å². The third-order valence-corrected chi connectivity index (χ3v) is 6.55. The van der Waals surface area contributed by atoms with E-state index in [1.54, 1.807) is 16.7 Å². The number of hydrogen-bond acceptors (Lipinski definition) is 6. The SMILES string of the molecule is CC[C@@H](C)Sc1nnc(NC(=O)[C@@H]2CC(=O)N(c3ccc(C)cc3)C2)s1. The Balaban J connectivity index is 1.60. The Labute approximate surface area is 161 Å². The lowest BCUT2D eigenvalue weighted by Gasteiger charge is -2.16. The van der Waals surface area contributed by atoms with Gasteiger partial charge in [0.2, 0.25) is 16.9 Å². The van der Waals surface area contributed by atoms with E-state index in [1.807, 2.05) is 31.2 Å². The van der Waals surface area contributed by atoms with Gasteiger partial charge in [0.1, 0.15) is 0 Å². The largest absolute Gasteiger partial charge is 0.312 e. The second-order valence-corrected chi connectivity index (χ2v) is 9.10. The summed E-state index contributed by atoms with van der Waals surface area (Å²) in [5.41, 5.74) is 1.97. The monoisotopic (exact) mass is 390 g/mol. The second-order valence-electron chi connectivity index (χ2n) is 6.44. The topological polar surface area (TPSA) is 75.2 Å². The van der Waals surface area contributed by atoms with Crippen molar-refractivity contribution in [3.8, 4) is 0 Å². The Morgan fingerprint density at radius 2 is 2.12 bits per heavy atom. The van der Waals surface area contributed by atoms with Crippen molar-refractivity contribution in [3.05, 3.63) is 29.8 Å². The number of carbonyl (C=O) groups excluding carboxylic acids is 2. The van der Waals surface area contributed by atoms with E-state index in [-0.39, 0.29) is 24.2 Å². The van der Waals surface area contributed by atoms with Crippen LogP contribution in [-0.2, 0) is 9.59 Å². The molecule has 0 spiro atoms. The Kier molecular flexibility index (Phi) is 5.93. The highest BCUT2D eigenvalue weighted by molar-refractivity contribution is 8.01. The molecule has 0 bridgehead atoms. The number of nitrogens with one attached hydrogen (secondary N) is 1. The van der Waals surface area contributed by atoms with Crippen molar-refractivity contribution < 1.29 is 9.59 Å². The van der Waals surface area contributed by atoms with Crippen molar-refractivity contribution in [1.29, 1.82) is 0 Å². The maximum absolute atomic E-state index is 12.5. The zero-order valence-electron chi connectivity index (χ0n) is 15.1. The van der Waals surface area contributed by atoms with E-state index in [0.29, 0.717) is 16.9 Å². The second kappa shape index (κ2) is 8.18. The first-order valence-electron chi connectivity index (χ1n) is 8.64. The van der Waals surface area contributed by atoms with Gasteiger partial charge in [-0.1, -0.05) is 54.6 Å². The van der Waals surface area contributed by atoms with Crippen LogP contribution in [0.15, 0.2) is 28.6 Å². The molecule has 1 aliphatic heterocycles. The van der Waals surface area contributed by atoms with Crippen LogP contribution in [0.1, 0.15) is 32.3 Å². The summed E-state index contributed by atoms with van der Waals surface area (Å²) in [6, 6.07) is 7.76. The van der Waals surface area contributed by atoms with E-state index in [0.717, 1.165) is 22.0 Å². The van der Waals surface area contributed by atoms with Crippen molar-refractivity contribution in [1.82, 2.24) is 10.2 Å². The molecule has 0 unspecified atom stereocenters. The molecule has 1 N–H and O–H groups in total. The maximum Gasteiger partial charge on any atom is 0.231 e. The van der Waals surface area contributed by atoms with Crippen LogP contribution in [0.3, 0.4) is 0 Å². The fourth-order valence-electron chi connectivity index (χ4n) is 2.63. The summed E-state index contributed by atoms with van der Waals surface area (Å²) in [5.74, 6) is -0.582. The average molecular weight is 391 g/mol. The normalized spacial score (nSPS) is 18.2. The molecule has 2 atom stereocenters. The summed E-state index contributed by atoms with van der Waals surface area (Å²) in [6.45, 7) is 6.65. The third-order valence-electron chi connectivity index (χ3n) is 4.35. The van der Waals surface area contributed by atoms with Crippen LogP contribution in [0.4, 0.5) is 10.8 Å². The molecule has 1 saturated heterocycles. The predicted octanol–water partition coefficient (Wildman–Crippen LogP) is 3.73. The lowest BCUT2D eigenvalue weighted by atomic mass is 10.1. The van der Waals surface area contributed by atoms with Gasteiger partial charge in [0, 0.05) is 23.9 Å². The zero-order valence-corrected chi connectivity index (χ0v) is 16.7. The number of aromatic nitrogens is 2. The van der Waals surface area contributed by atoms with E-state index < -0.39 is 0 Å². The first kappa shape index (κ1) is 18.8. The van der Waals surface area contributed by atoms with Crippen LogP contribution >= 0.6 is 23.1 Å². The number of amides is 2. The predicted molar refractivity (Wildman–Crippen MR) is 106 cm³/mol. The smallest absolute Gasteiger partial charge is 0.231 e. The number of carbonyl (C=O) groups is 2. The van der Waals surface area contributed by atoms with Gasteiger partial charge < -0.3 is 10.2 Å². The summed E-state index contributed by atoms with van der Waals surface area (Å²) >= 11 is 3.03. The van der Waals surface area contributed by atoms with Crippen LogP contribution in [0.5, 0.6) is 0 Å². The van der Waals surface area contributed by atoms with Crippen LogP contribution in [-0.4, -0.2) is 33.8 Å². The number of nitrogens with zero attached hydrogens (tertiary/aromatic N) is 3. The summed E-state index contributed by atoms with van der Waals surface area (Å²) in [6.07, 6.45) is 1.26. The van der Waals surface area contributed by atoms with Gasteiger partial charge in [0.05, 0.1) is 5.92 Å². The Morgan fingerprint density at radius 1 is 1.38 bits per heavy atom. The first-order chi connectivity index (χ1) is 12.5. The molecule has 2 amide bonds. The standard InChI is InChI=1S/C18H22N4O2S2/c1-4-12(3)25-18-21-20-17(26-18)19-16(24)13-9-15(23)22(10-13)14-7-5-11(2)6-8-14/h5-8,12-13H,4,9-10H2,1-3H3,(H,19,20,24)/t12-,13-/m1/s1. The molecule has 6 nitrogen and oxygen atoms in total. The van der Waals surface area contributed by atoms with Gasteiger partial charge in [0.15, 0.2) is 4.34 Å². The highest BCUT2D eigenvalue weighted by Gasteiger charge is 2.35. The van der Waals surface area contributed by atoms with E-state index in [2.05, 4.69) is 29.4 Å². The molecule has 2 heterocycles. The van der Waals surface area contributed by atoms with E-state index >= 15 is 0 Å². The quantitative estimate of drug-likeness (QED) is 0.601. The molecule has 1 aromatic carbocycles. The van der Waals surface area contributed by atoms with Gasteiger partial charge in [-0.05, 0) is 25.5 Å². The summed E-state index contributed by atoms with van der Waals surface area (Å²) in [4.78, 5) is 26.5. The average Bonchev–Trinajstić information content (AvgIpc) is 3.22. The summed E-state index contributed by atoms with van der Waals surface area (Å²) in [5, 5.41) is 11.9. The molecule has 3 rings (SSSR count). The molecule has 8 heteroatoms. The van der Waals surface area contributed by atoms with Gasteiger partial charge in [-0.15, -0.1) is 10.2 Å². The van der Waals surface area contributed by atoms with Crippen LogP contribution < -0.4 is 10.2 Å². The molecule has 1 aliphatic rings. The number of thioether (sulfide) groups is 1. The van der Waals surface area contributed by atoms with Crippen LogP contribution in [0.25, 0.3) is 0 Å². The van der Waals surface area contributed by atoms with Crippen molar-refractivity contribution in [2.45, 2.75) is 43.2 Å². The fraction of sp³-hybridized carbons (Fsp3) is 0.444. The van der Waals surface area contributed by atoms with Crippen molar-refractivity contribution in [2.24, 2.45) is 5.92 Å². The Hall–Kier alpha value is -1.93. The zero-order chi connectivity index (χ0) is 18.7. The summed E-state index contributed by atoms with van der Waals surface area (Å²) < 4.78 is 0.846. The molecule has 1 fully saturated rings. The van der Waals surface area contributed by atoms with E-state index in [4.69, 9.17) is 0 Å². The van der Waals surface area contributed by atoms with Gasteiger partial charge >= 0.3 is 0 Å². The minimum absolute atomic E-state index is 0.0284. The Morgan fingerprint density at radius 3 is 2.81 bits per heavy atom. The molecule has 2 aromatic rings. The van der Waals surface area contributed by atoms with E-state index in [1.165, 1.54) is 11.3 Å². The molecule has 0 saturated carbocycles. The van der Waals surface area contributed by atoms with E-state index in [9.17, 15) is 9.59 Å². The van der Waals surface area contributed by atoms with Gasteiger partial charge in [-0.2, -0.15) is 0 Å². The lowest BCUT2D eigenvalue weighted by molar-refractivity contribution is -0.122. The highest BCUT2D eigenvalue weighted by atomic mass is 32.2. The third kappa shape index (κ3) is 4.42. The minimum Gasteiger partial charge on any atom is -0.312 e. The number of benzene rings is 1. The van der Waals surface area contributed by atoms with Crippen molar-refractivity contribution in [2.75, 3.05) is 16.8 Å². The molecule has 138 valence electrons. The maximum atomic E-state index is 12.5. The van der Waals surface area contributed by atoms with Crippen LogP contribution in [0, 0.1) is 12.8 Å². The van der Waals surface area contributed by atoms with Gasteiger partial charge in [0.25, 0.3) is 0 Å². The van der Waals surface area contributed by atoms with Crippen molar-refractivity contribution in [3.63, 3.8) is 0 Å². The number of hydrogen-bond donors (Lipinski definition) is 1. The van der Waals surface area contributed by atoms with Crippen LogP contribution in [0.2, 0.25) is 0 Å². The number of rotatable bonds is 6. The Bertz CT molecular complexity index is 791. The fourth-order valence-corrected chi connectivity index (χ4v) is 4.63. The highest BCUT2D eigenvalue weighted by Crippen LogP contribution is 2.31. The molecule has 0 radical (unpaired) electrons. The van der Waals surface area contributed by atoms with Gasteiger partial charge in [-0.25, -0.2) is 0 Å². The molecule has 0 aliphatic carbocycles. The number of aryl methyl sites for hydroxylation is 1. The molecule has 1 aromatic heterocycles. The van der Waals surface area contributed by atoms with Crippen molar-refractivity contribution >= 4 is 45.7 Å². The number of anilines is 2. The molecule has 26 heavy (non-hydrogen) atoms. The molecular formula is C18H22N4O2S2. The molecular weight excluding hydrogens is 368 g/mol. The minimum atomic E-state index is -0.377.